The van der Waals surface area contributed by atoms with Gasteiger partial charge in [-0.2, -0.15) is 0 Å². The van der Waals surface area contributed by atoms with Gasteiger partial charge in [-0.05, 0) is 25.1 Å². The van der Waals surface area contributed by atoms with Gasteiger partial charge in [-0.25, -0.2) is 13.1 Å². The van der Waals surface area contributed by atoms with Gasteiger partial charge >= 0.3 is 0 Å². The molecule has 0 bridgehead atoms. The van der Waals surface area contributed by atoms with Crippen LogP contribution in [0.1, 0.15) is 24.2 Å². The average molecular weight is 262 g/mol. The number of Topliss-reactive ketones (excluding diaryl/α,β-unsaturated/α-hetero) is 1. The van der Waals surface area contributed by atoms with Crippen LogP contribution in [0.15, 0.2) is 23.1 Å². The van der Waals surface area contributed by atoms with Crippen LogP contribution in [0.5, 0.6) is 0 Å². The third-order valence-corrected chi connectivity index (χ3v) is 3.99. The van der Waals surface area contributed by atoms with E-state index in [0.717, 1.165) is 0 Å². The summed E-state index contributed by atoms with van der Waals surface area (Å²) < 4.78 is 25.8. The van der Waals surface area contributed by atoms with E-state index in [2.05, 4.69) is 4.72 Å². The molecule has 0 aliphatic carbocycles. The molecule has 6 heteroatoms. The number of nitrogens with one attached hydrogen (secondary N) is 1. The normalized spacial score (nSPS) is 11.4. The van der Waals surface area contributed by atoms with Gasteiger partial charge in [-0.1, -0.05) is 18.5 Å². The van der Waals surface area contributed by atoms with E-state index in [-0.39, 0.29) is 22.2 Å². The minimum Gasteiger partial charge on any atom is -0.295 e. The highest BCUT2D eigenvalue weighted by atomic mass is 35.5. The highest BCUT2D eigenvalue weighted by molar-refractivity contribution is 7.89. The Labute approximate surface area is 99.7 Å². The number of rotatable bonds is 4. The Morgan fingerprint density at radius 2 is 2.06 bits per heavy atom. The largest absolute Gasteiger partial charge is 0.295 e. The molecule has 0 saturated carbocycles. The van der Waals surface area contributed by atoms with Crippen LogP contribution in [-0.2, 0) is 10.0 Å². The molecule has 1 N–H and O–H groups in total. The first-order valence-electron chi connectivity index (χ1n) is 4.68. The molecule has 0 aromatic heterocycles. The fourth-order valence-corrected chi connectivity index (χ4v) is 2.76. The lowest BCUT2D eigenvalue weighted by molar-refractivity contribution is 0.101. The predicted octanol–water partition coefficient (Wildman–Crippen LogP) is 1.84. The van der Waals surface area contributed by atoms with Crippen molar-refractivity contribution in [1.82, 2.24) is 4.72 Å². The molecule has 0 spiro atoms. The van der Waals surface area contributed by atoms with Crippen LogP contribution in [0, 0.1) is 0 Å². The Bertz CT molecular complexity index is 511. The number of carbonyl (C=O) groups excluding carboxylic acids is 1. The van der Waals surface area contributed by atoms with Gasteiger partial charge in [0.2, 0.25) is 10.0 Å². The SMILES string of the molecule is CCNS(=O)(=O)c1cc(C(C)=O)ccc1Cl. The summed E-state index contributed by atoms with van der Waals surface area (Å²) in [6, 6.07) is 4.18. The minimum atomic E-state index is -3.63. The number of ketones is 1. The first-order chi connectivity index (χ1) is 7.38. The van der Waals surface area contributed by atoms with Gasteiger partial charge in [0.15, 0.2) is 5.78 Å². The molecular formula is C10H12ClNO3S. The standard InChI is InChI=1S/C10H12ClNO3S/c1-3-12-16(14,15)10-6-8(7(2)13)4-5-9(10)11/h4-6,12H,3H2,1-2H3. The summed E-state index contributed by atoms with van der Waals surface area (Å²) in [4.78, 5) is 11.1. The van der Waals surface area contributed by atoms with Crippen molar-refractivity contribution in [2.24, 2.45) is 0 Å². The van der Waals surface area contributed by atoms with Gasteiger partial charge in [0, 0.05) is 12.1 Å². The number of halogens is 1. The van der Waals surface area contributed by atoms with Crippen LogP contribution in [0.2, 0.25) is 5.02 Å². The average Bonchev–Trinajstić information content (AvgIpc) is 2.17. The molecule has 0 amide bonds. The van der Waals surface area contributed by atoms with Gasteiger partial charge in [-0.15, -0.1) is 0 Å². The first kappa shape index (κ1) is 13.2. The Hall–Kier alpha value is -0.910. The van der Waals surface area contributed by atoms with E-state index in [9.17, 15) is 13.2 Å². The second kappa shape index (κ2) is 4.95. The second-order valence-electron chi connectivity index (χ2n) is 3.20. The van der Waals surface area contributed by atoms with E-state index in [1.807, 2.05) is 0 Å². The quantitative estimate of drug-likeness (QED) is 0.842. The van der Waals surface area contributed by atoms with Gasteiger partial charge in [0.05, 0.1) is 5.02 Å². The Kier molecular flexibility index (Phi) is 4.07. The second-order valence-corrected chi connectivity index (χ2v) is 5.35. The Balaban J connectivity index is 3.33. The van der Waals surface area contributed by atoms with Crippen molar-refractivity contribution in [2.75, 3.05) is 6.54 Å². The topological polar surface area (TPSA) is 63.2 Å². The van der Waals surface area contributed by atoms with Gasteiger partial charge in [0.1, 0.15) is 4.90 Å². The van der Waals surface area contributed by atoms with E-state index < -0.39 is 10.0 Å². The molecule has 4 nitrogen and oxygen atoms in total. The fraction of sp³-hybridized carbons (Fsp3) is 0.300. The zero-order chi connectivity index (χ0) is 12.3. The summed E-state index contributed by atoms with van der Waals surface area (Å²) in [5.74, 6) is -0.204. The molecule has 88 valence electrons. The van der Waals surface area contributed by atoms with Gasteiger partial charge in [0.25, 0.3) is 0 Å². The van der Waals surface area contributed by atoms with Crippen LogP contribution in [-0.4, -0.2) is 20.7 Å². The fourth-order valence-electron chi connectivity index (χ4n) is 1.20. The molecule has 0 fully saturated rings. The lowest BCUT2D eigenvalue weighted by Crippen LogP contribution is -2.23. The van der Waals surface area contributed by atoms with Crippen LogP contribution < -0.4 is 4.72 Å². The summed E-state index contributed by atoms with van der Waals surface area (Å²) in [6.07, 6.45) is 0. The van der Waals surface area contributed by atoms with E-state index in [4.69, 9.17) is 11.6 Å². The molecule has 0 aliphatic heterocycles. The number of carbonyl (C=O) groups is 1. The summed E-state index contributed by atoms with van der Waals surface area (Å²) >= 11 is 5.79. The maximum absolute atomic E-state index is 11.7. The monoisotopic (exact) mass is 261 g/mol. The first-order valence-corrected chi connectivity index (χ1v) is 6.54. The summed E-state index contributed by atoms with van der Waals surface area (Å²) in [7, 11) is -3.63. The van der Waals surface area contributed by atoms with Crippen LogP contribution in [0.25, 0.3) is 0 Å². The van der Waals surface area contributed by atoms with E-state index >= 15 is 0 Å². The van der Waals surface area contributed by atoms with E-state index in [0.29, 0.717) is 5.56 Å². The third-order valence-electron chi connectivity index (χ3n) is 1.96. The molecule has 16 heavy (non-hydrogen) atoms. The summed E-state index contributed by atoms with van der Waals surface area (Å²) in [5.41, 5.74) is 0.320. The molecule has 0 atom stereocenters. The third kappa shape index (κ3) is 2.81. The molecule has 0 unspecified atom stereocenters. The molecule has 1 aromatic rings. The zero-order valence-corrected chi connectivity index (χ0v) is 10.5. The summed E-state index contributed by atoms with van der Waals surface area (Å²) in [5, 5.41) is 0.103. The number of benzene rings is 1. The van der Waals surface area contributed by atoms with Crippen LogP contribution in [0.3, 0.4) is 0 Å². The van der Waals surface area contributed by atoms with Crippen LogP contribution in [0.4, 0.5) is 0 Å². The van der Waals surface area contributed by atoms with E-state index in [1.165, 1.54) is 25.1 Å². The van der Waals surface area contributed by atoms with Crippen molar-refractivity contribution in [3.63, 3.8) is 0 Å². The highest BCUT2D eigenvalue weighted by Crippen LogP contribution is 2.22. The van der Waals surface area contributed by atoms with Crippen LogP contribution >= 0.6 is 11.6 Å². The Morgan fingerprint density at radius 3 is 2.56 bits per heavy atom. The lowest BCUT2D eigenvalue weighted by Gasteiger charge is -2.07. The number of sulfonamides is 1. The van der Waals surface area contributed by atoms with Crippen molar-refractivity contribution in [1.29, 1.82) is 0 Å². The lowest BCUT2D eigenvalue weighted by atomic mass is 10.1. The number of hydrogen-bond donors (Lipinski definition) is 1. The maximum Gasteiger partial charge on any atom is 0.242 e. The van der Waals surface area contributed by atoms with Crippen molar-refractivity contribution < 1.29 is 13.2 Å². The minimum absolute atomic E-state index is 0.0660. The van der Waals surface area contributed by atoms with Crippen molar-refractivity contribution >= 4 is 27.4 Å². The van der Waals surface area contributed by atoms with Crippen molar-refractivity contribution in [3.05, 3.63) is 28.8 Å². The molecule has 0 radical (unpaired) electrons. The Morgan fingerprint density at radius 1 is 1.44 bits per heavy atom. The van der Waals surface area contributed by atoms with E-state index in [1.54, 1.807) is 6.92 Å². The van der Waals surface area contributed by atoms with Crippen molar-refractivity contribution in [3.8, 4) is 0 Å². The van der Waals surface area contributed by atoms with Gasteiger partial charge < -0.3 is 0 Å². The van der Waals surface area contributed by atoms with Crippen molar-refractivity contribution in [2.45, 2.75) is 18.7 Å². The highest BCUT2D eigenvalue weighted by Gasteiger charge is 2.18. The number of hydrogen-bond acceptors (Lipinski definition) is 3. The molecule has 1 aromatic carbocycles. The predicted molar refractivity (Wildman–Crippen MR) is 62.3 cm³/mol. The molecule has 0 aliphatic rings. The molecule has 0 heterocycles. The molecule has 1 rings (SSSR count). The molecule has 0 saturated heterocycles. The summed E-state index contributed by atoms with van der Waals surface area (Å²) in [6.45, 7) is 3.30. The van der Waals surface area contributed by atoms with Gasteiger partial charge in [-0.3, -0.25) is 4.79 Å². The maximum atomic E-state index is 11.7. The zero-order valence-electron chi connectivity index (χ0n) is 8.95. The molecular weight excluding hydrogens is 250 g/mol. The smallest absolute Gasteiger partial charge is 0.242 e.